The highest BCUT2D eigenvalue weighted by molar-refractivity contribution is 6.30. The first kappa shape index (κ1) is 15.3. The second kappa shape index (κ2) is 6.68. The van der Waals surface area contributed by atoms with Crippen molar-refractivity contribution in [2.24, 2.45) is 0 Å². The van der Waals surface area contributed by atoms with Crippen molar-refractivity contribution in [1.29, 1.82) is 0 Å². The molecule has 0 N–H and O–H groups in total. The molecule has 0 saturated carbocycles. The van der Waals surface area contributed by atoms with E-state index in [0.29, 0.717) is 27.6 Å². The van der Waals surface area contributed by atoms with E-state index in [1.807, 2.05) is 42.5 Å². The average molecular weight is 347 g/mol. The van der Waals surface area contributed by atoms with Crippen LogP contribution in [0.3, 0.4) is 0 Å². The molecule has 0 bridgehead atoms. The van der Waals surface area contributed by atoms with Gasteiger partial charge in [0, 0.05) is 16.1 Å². The molecule has 120 valence electrons. The summed E-state index contributed by atoms with van der Waals surface area (Å²) in [6, 6.07) is 20.5. The van der Waals surface area contributed by atoms with Gasteiger partial charge in [-0.2, -0.15) is 0 Å². The van der Waals surface area contributed by atoms with Crippen LogP contribution < -0.4 is 4.74 Å². The largest absolute Gasteiger partial charge is 0.455 e. The Morgan fingerprint density at radius 3 is 2.40 bits per heavy atom. The highest BCUT2D eigenvalue weighted by atomic mass is 35.5. The zero-order valence-corrected chi connectivity index (χ0v) is 13.7. The predicted octanol–water partition coefficient (Wildman–Crippen LogP) is 5.07. The van der Waals surface area contributed by atoms with E-state index in [-0.39, 0.29) is 0 Å². The maximum Gasteiger partial charge on any atom is 0.177 e. The van der Waals surface area contributed by atoms with Crippen LogP contribution in [0.25, 0.3) is 11.0 Å². The Morgan fingerprint density at radius 2 is 1.60 bits per heavy atom. The maximum absolute atomic E-state index is 5.91. The fourth-order valence-corrected chi connectivity index (χ4v) is 2.43. The Morgan fingerprint density at radius 1 is 0.840 bits per heavy atom. The Bertz CT molecular complexity index is 1080. The Kier molecular flexibility index (Phi) is 4.07. The molecule has 4 aromatic rings. The van der Waals surface area contributed by atoms with Crippen LogP contribution in [0.15, 0.2) is 71.4 Å². The van der Waals surface area contributed by atoms with Crippen LogP contribution in [-0.4, -0.2) is 10.3 Å². The highest BCUT2D eigenvalue weighted by Gasteiger charge is 2.11. The smallest absolute Gasteiger partial charge is 0.177 e. The minimum Gasteiger partial charge on any atom is -0.455 e. The molecular formula is C20H11ClN2O2. The van der Waals surface area contributed by atoms with E-state index in [1.165, 1.54) is 0 Å². The number of aromatic nitrogens is 2. The van der Waals surface area contributed by atoms with Crippen molar-refractivity contribution in [3.63, 3.8) is 0 Å². The van der Waals surface area contributed by atoms with E-state index in [4.69, 9.17) is 21.0 Å². The molecule has 4 rings (SSSR count). The maximum atomic E-state index is 5.91. The number of halogens is 1. The lowest BCUT2D eigenvalue weighted by Crippen LogP contribution is -1.88. The molecule has 0 fully saturated rings. The van der Waals surface area contributed by atoms with Gasteiger partial charge in [0.25, 0.3) is 0 Å². The van der Waals surface area contributed by atoms with Crippen LogP contribution in [0.5, 0.6) is 11.5 Å². The van der Waals surface area contributed by atoms with E-state index >= 15 is 0 Å². The summed E-state index contributed by atoms with van der Waals surface area (Å²) in [5.41, 5.74) is 2.82. The van der Waals surface area contributed by atoms with Crippen LogP contribution in [0.2, 0.25) is 5.02 Å². The number of fused-ring (bicyclic) bond motifs is 1. The molecule has 0 atom stereocenters. The topological polar surface area (TPSA) is 48.2 Å². The lowest BCUT2D eigenvalue weighted by molar-refractivity contribution is 0.314. The minimum absolute atomic E-state index is 0.526. The molecule has 0 saturated heterocycles. The zero-order chi connectivity index (χ0) is 17.1. The number of hydrogen-bond acceptors (Lipinski definition) is 4. The number of rotatable bonds is 2. The van der Waals surface area contributed by atoms with Gasteiger partial charge in [0.05, 0.1) is 0 Å². The Hall–Kier alpha value is -3.29. The summed E-state index contributed by atoms with van der Waals surface area (Å²) in [5.74, 6) is 7.40. The van der Waals surface area contributed by atoms with E-state index in [9.17, 15) is 0 Å². The first-order valence-corrected chi connectivity index (χ1v) is 7.92. The number of benzene rings is 3. The number of nitrogens with zero attached hydrogens (tertiary/aromatic N) is 2. The van der Waals surface area contributed by atoms with Gasteiger partial charge < -0.3 is 4.74 Å². The van der Waals surface area contributed by atoms with Crippen LogP contribution in [0.1, 0.15) is 11.1 Å². The lowest BCUT2D eigenvalue weighted by atomic mass is 10.1. The molecule has 4 nitrogen and oxygen atoms in total. The number of ether oxygens (including phenoxy) is 1. The third kappa shape index (κ3) is 3.47. The summed E-state index contributed by atoms with van der Waals surface area (Å²) >= 11 is 5.91. The van der Waals surface area contributed by atoms with Crippen molar-refractivity contribution in [3.05, 3.63) is 82.9 Å². The molecule has 3 aromatic carbocycles. The van der Waals surface area contributed by atoms with Crippen molar-refractivity contribution < 1.29 is 9.37 Å². The Labute approximate surface area is 149 Å². The average Bonchev–Trinajstić information content (AvgIpc) is 3.12. The van der Waals surface area contributed by atoms with Crippen molar-refractivity contribution in [2.75, 3.05) is 0 Å². The van der Waals surface area contributed by atoms with Crippen LogP contribution in [0, 0.1) is 11.8 Å². The van der Waals surface area contributed by atoms with E-state index < -0.39 is 0 Å². The van der Waals surface area contributed by atoms with Crippen molar-refractivity contribution in [3.8, 4) is 23.3 Å². The van der Waals surface area contributed by atoms with Gasteiger partial charge in [-0.15, -0.1) is 0 Å². The van der Waals surface area contributed by atoms with Gasteiger partial charge in [-0.1, -0.05) is 41.6 Å². The first-order chi connectivity index (χ1) is 12.3. The van der Waals surface area contributed by atoms with E-state index in [2.05, 4.69) is 22.2 Å². The molecule has 5 heteroatoms. The van der Waals surface area contributed by atoms with Gasteiger partial charge in [-0.3, -0.25) is 0 Å². The molecular weight excluding hydrogens is 336 g/mol. The van der Waals surface area contributed by atoms with Gasteiger partial charge in [-0.05, 0) is 58.8 Å². The van der Waals surface area contributed by atoms with Crippen LogP contribution in [0.4, 0.5) is 0 Å². The molecule has 0 aliphatic heterocycles. The molecule has 0 amide bonds. The molecule has 0 spiro atoms. The van der Waals surface area contributed by atoms with Gasteiger partial charge in [0.1, 0.15) is 11.3 Å². The molecule has 0 aliphatic rings. The summed E-state index contributed by atoms with van der Waals surface area (Å²) in [5, 5.41) is 8.44. The molecule has 1 aromatic heterocycles. The fourth-order valence-electron chi connectivity index (χ4n) is 2.31. The summed E-state index contributed by atoms with van der Waals surface area (Å²) in [7, 11) is 0. The van der Waals surface area contributed by atoms with Crippen LogP contribution in [-0.2, 0) is 0 Å². The van der Waals surface area contributed by atoms with Crippen molar-refractivity contribution in [1.82, 2.24) is 10.3 Å². The van der Waals surface area contributed by atoms with Gasteiger partial charge in [-0.25, -0.2) is 4.63 Å². The third-order valence-corrected chi connectivity index (χ3v) is 3.74. The second-order valence-corrected chi connectivity index (χ2v) is 5.71. The standard InChI is InChI=1S/C20H11ClN2O2/c21-16-8-10-17(11-9-16)24-19-13-15(12-18-20(19)23-25-22-18)7-6-14-4-2-1-3-5-14/h1-5,8-13H. The zero-order valence-electron chi connectivity index (χ0n) is 12.9. The van der Waals surface area contributed by atoms with E-state index in [1.54, 1.807) is 24.3 Å². The molecule has 0 unspecified atom stereocenters. The van der Waals surface area contributed by atoms with Crippen molar-refractivity contribution >= 4 is 22.6 Å². The predicted molar refractivity (Wildman–Crippen MR) is 95.8 cm³/mol. The van der Waals surface area contributed by atoms with E-state index in [0.717, 1.165) is 11.1 Å². The van der Waals surface area contributed by atoms with Gasteiger partial charge >= 0.3 is 0 Å². The molecule has 0 radical (unpaired) electrons. The van der Waals surface area contributed by atoms with Gasteiger partial charge in [0.15, 0.2) is 11.3 Å². The molecule has 25 heavy (non-hydrogen) atoms. The quantitative estimate of drug-likeness (QED) is 0.475. The summed E-state index contributed by atoms with van der Waals surface area (Å²) in [6.07, 6.45) is 0. The van der Waals surface area contributed by atoms with Gasteiger partial charge in [0.2, 0.25) is 0 Å². The molecule has 0 aliphatic carbocycles. The summed E-state index contributed by atoms with van der Waals surface area (Å²) < 4.78 is 10.7. The first-order valence-electron chi connectivity index (χ1n) is 7.55. The van der Waals surface area contributed by atoms with Crippen molar-refractivity contribution in [2.45, 2.75) is 0 Å². The monoisotopic (exact) mass is 346 g/mol. The minimum atomic E-state index is 0.526. The number of hydrogen-bond donors (Lipinski definition) is 0. The summed E-state index contributed by atoms with van der Waals surface area (Å²) in [4.78, 5) is 0. The Balaban J connectivity index is 1.72. The third-order valence-electron chi connectivity index (χ3n) is 3.49. The normalized spacial score (nSPS) is 10.3. The highest BCUT2D eigenvalue weighted by Crippen LogP contribution is 2.30. The lowest BCUT2D eigenvalue weighted by Gasteiger charge is -2.06. The second-order valence-electron chi connectivity index (χ2n) is 5.28. The summed E-state index contributed by atoms with van der Waals surface area (Å²) in [6.45, 7) is 0. The SMILES string of the molecule is Clc1ccc(Oc2cc(C#Cc3ccccc3)cc3nonc23)cc1. The molecule has 1 heterocycles. The van der Waals surface area contributed by atoms with Crippen LogP contribution >= 0.6 is 11.6 Å². The fraction of sp³-hybridized carbons (Fsp3) is 0.